The molecule has 0 bridgehead atoms. The second kappa shape index (κ2) is 6.33. The molecule has 1 aromatic rings. The number of hydrogen-bond acceptors (Lipinski definition) is 4. The van der Waals surface area contributed by atoms with Crippen molar-refractivity contribution in [3.05, 3.63) is 18.1 Å². The molecule has 2 heterocycles. The lowest BCUT2D eigenvalue weighted by Crippen LogP contribution is -2.38. The molecular weight excluding hydrogens is 236 g/mol. The molecule has 4 heteroatoms. The van der Waals surface area contributed by atoms with Crippen molar-refractivity contribution in [2.45, 2.75) is 58.5 Å². The first kappa shape index (κ1) is 14.3. The van der Waals surface area contributed by atoms with Gasteiger partial charge < -0.3 is 10.2 Å². The molecule has 0 unspecified atom stereocenters. The van der Waals surface area contributed by atoms with Crippen molar-refractivity contribution < 1.29 is 0 Å². The predicted molar refractivity (Wildman–Crippen MR) is 79.5 cm³/mol. The molecule has 0 amide bonds. The summed E-state index contributed by atoms with van der Waals surface area (Å²) in [6.07, 6.45) is 6.21. The minimum absolute atomic E-state index is 0.398. The minimum Gasteiger partial charge on any atom is -0.367 e. The van der Waals surface area contributed by atoms with Crippen LogP contribution in [0.15, 0.2) is 12.4 Å². The van der Waals surface area contributed by atoms with Crippen LogP contribution in [-0.2, 0) is 0 Å². The Hall–Kier alpha value is -1.16. The number of likely N-dealkylation sites (tertiary alicyclic amines) is 1. The van der Waals surface area contributed by atoms with E-state index in [1.54, 1.807) is 0 Å². The number of anilines is 1. The second-order valence-electron chi connectivity index (χ2n) is 6.03. The molecule has 106 valence electrons. The van der Waals surface area contributed by atoms with Crippen LogP contribution in [0.1, 0.15) is 52.1 Å². The van der Waals surface area contributed by atoms with E-state index in [9.17, 15) is 0 Å². The number of piperidine rings is 1. The normalized spacial score (nSPS) is 18.2. The number of aromatic nitrogens is 2. The molecule has 0 saturated carbocycles. The van der Waals surface area contributed by atoms with Crippen LogP contribution < -0.4 is 5.32 Å². The summed E-state index contributed by atoms with van der Waals surface area (Å²) in [5, 5.41) is 3.28. The third-order valence-corrected chi connectivity index (χ3v) is 3.79. The molecule has 2 rings (SSSR count). The highest BCUT2D eigenvalue weighted by Crippen LogP contribution is 2.27. The lowest BCUT2D eigenvalue weighted by atomic mass is 9.93. The molecule has 0 spiro atoms. The zero-order chi connectivity index (χ0) is 13.8. The Morgan fingerprint density at radius 1 is 1.11 bits per heavy atom. The zero-order valence-electron chi connectivity index (χ0n) is 12.6. The third-order valence-electron chi connectivity index (χ3n) is 3.79. The van der Waals surface area contributed by atoms with E-state index in [1.165, 1.54) is 25.9 Å². The quantitative estimate of drug-likeness (QED) is 0.906. The Bertz CT molecular complexity index is 378. The van der Waals surface area contributed by atoms with Crippen molar-refractivity contribution in [2.24, 2.45) is 0 Å². The maximum atomic E-state index is 4.58. The predicted octanol–water partition coefficient (Wildman–Crippen LogP) is 2.88. The molecule has 0 radical (unpaired) electrons. The topological polar surface area (TPSA) is 41.1 Å². The summed E-state index contributed by atoms with van der Waals surface area (Å²) in [5.74, 6) is 1.45. The Morgan fingerprint density at radius 3 is 2.26 bits per heavy atom. The summed E-state index contributed by atoms with van der Waals surface area (Å²) in [5.41, 5.74) is 1.15. The molecule has 4 nitrogen and oxygen atoms in total. The smallest absolute Gasteiger partial charge is 0.144 e. The molecule has 1 saturated heterocycles. The Morgan fingerprint density at radius 2 is 1.79 bits per heavy atom. The van der Waals surface area contributed by atoms with Gasteiger partial charge in [0, 0.05) is 18.0 Å². The van der Waals surface area contributed by atoms with Gasteiger partial charge in [0.15, 0.2) is 0 Å². The van der Waals surface area contributed by atoms with Crippen LogP contribution in [0.3, 0.4) is 0 Å². The van der Waals surface area contributed by atoms with Crippen LogP contribution in [0, 0.1) is 0 Å². The first-order chi connectivity index (χ1) is 9.06. The first-order valence-electron chi connectivity index (χ1n) is 7.38. The molecule has 1 fully saturated rings. The molecule has 0 aromatic carbocycles. The summed E-state index contributed by atoms with van der Waals surface area (Å²) in [6.45, 7) is 11.1. The molecule has 1 N–H and O–H groups in total. The van der Waals surface area contributed by atoms with Crippen molar-refractivity contribution in [3.8, 4) is 0 Å². The van der Waals surface area contributed by atoms with E-state index in [1.807, 2.05) is 12.4 Å². The van der Waals surface area contributed by atoms with Crippen LogP contribution in [0.4, 0.5) is 5.82 Å². The monoisotopic (exact) mass is 262 g/mol. The fourth-order valence-electron chi connectivity index (χ4n) is 2.63. The molecule has 0 atom stereocenters. The summed E-state index contributed by atoms with van der Waals surface area (Å²) < 4.78 is 0. The number of nitrogens with zero attached hydrogens (tertiary/aromatic N) is 3. The van der Waals surface area contributed by atoms with E-state index in [4.69, 9.17) is 0 Å². The molecular formula is C15H26N4. The lowest BCUT2D eigenvalue weighted by molar-refractivity contribution is 0.170. The fourth-order valence-corrected chi connectivity index (χ4v) is 2.63. The van der Waals surface area contributed by atoms with E-state index in [0.29, 0.717) is 18.0 Å². The van der Waals surface area contributed by atoms with Crippen molar-refractivity contribution in [1.82, 2.24) is 14.9 Å². The molecule has 1 aliphatic rings. The molecule has 1 aromatic heterocycles. The average Bonchev–Trinajstić information content (AvgIpc) is 2.39. The zero-order valence-corrected chi connectivity index (χ0v) is 12.6. The highest BCUT2D eigenvalue weighted by atomic mass is 15.1. The molecule has 0 aliphatic carbocycles. The summed E-state index contributed by atoms with van der Waals surface area (Å²) >= 11 is 0. The van der Waals surface area contributed by atoms with Gasteiger partial charge >= 0.3 is 0 Å². The van der Waals surface area contributed by atoms with Crippen LogP contribution in [0.2, 0.25) is 0 Å². The number of hydrogen-bond donors (Lipinski definition) is 1. The van der Waals surface area contributed by atoms with Crippen molar-refractivity contribution in [2.75, 3.05) is 18.4 Å². The highest BCUT2D eigenvalue weighted by Gasteiger charge is 2.23. The van der Waals surface area contributed by atoms with Gasteiger partial charge in [0.25, 0.3) is 0 Å². The number of rotatable bonds is 4. The standard InChI is InChI=1S/C15H26N4/c1-11(2)18-15-10-16-14(9-17-15)13-5-7-19(8-6-13)12(3)4/h9-13H,5-8H2,1-4H3,(H,17,18). The SMILES string of the molecule is CC(C)Nc1cnc(C2CCN(C(C)C)CC2)cn1. The minimum atomic E-state index is 0.398. The van der Waals surface area contributed by atoms with Crippen LogP contribution in [-0.4, -0.2) is 40.0 Å². The van der Waals surface area contributed by atoms with Crippen molar-refractivity contribution >= 4 is 5.82 Å². The van der Waals surface area contributed by atoms with Gasteiger partial charge in [-0.05, 0) is 53.6 Å². The number of nitrogens with one attached hydrogen (secondary N) is 1. The fraction of sp³-hybridized carbons (Fsp3) is 0.733. The average molecular weight is 262 g/mol. The summed E-state index contributed by atoms with van der Waals surface area (Å²) in [4.78, 5) is 11.6. The van der Waals surface area contributed by atoms with Gasteiger partial charge in [0.1, 0.15) is 5.82 Å². The van der Waals surface area contributed by atoms with Crippen LogP contribution in [0.5, 0.6) is 0 Å². The first-order valence-corrected chi connectivity index (χ1v) is 7.38. The summed E-state index contributed by atoms with van der Waals surface area (Å²) in [6, 6.07) is 1.05. The van der Waals surface area contributed by atoms with Gasteiger partial charge in [-0.1, -0.05) is 0 Å². The van der Waals surface area contributed by atoms with E-state index < -0.39 is 0 Å². The Labute approximate surface area is 116 Å². The molecule has 19 heavy (non-hydrogen) atoms. The van der Waals surface area contributed by atoms with E-state index >= 15 is 0 Å². The van der Waals surface area contributed by atoms with E-state index in [-0.39, 0.29) is 0 Å². The van der Waals surface area contributed by atoms with Crippen LogP contribution >= 0.6 is 0 Å². The molecule has 1 aliphatic heterocycles. The maximum absolute atomic E-state index is 4.58. The Kier molecular flexibility index (Phi) is 4.75. The van der Waals surface area contributed by atoms with Crippen molar-refractivity contribution in [1.29, 1.82) is 0 Å². The van der Waals surface area contributed by atoms with E-state index in [2.05, 4.69) is 47.9 Å². The Balaban J connectivity index is 1.92. The maximum Gasteiger partial charge on any atom is 0.144 e. The van der Waals surface area contributed by atoms with Gasteiger partial charge in [-0.2, -0.15) is 0 Å². The third kappa shape index (κ3) is 3.90. The highest BCUT2D eigenvalue weighted by molar-refractivity contribution is 5.32. The van der Waals surface area contributed by atoms with Gasteiger partial charge in [0.2, 0.25) is 0 Å². The lowest BCUT2D eigenvalue weighted by Gasteiger charge is -2.34. The largest absolute Gasteiger partial charge is 0.367 e. The van der Waals surface area contributed by atoms with E-state index in [0.717, 1.165) is 11.5 Å². The van der Waals surface area contributed by atoms with Crippen molar-refractivity contribution in [3.63, 3.8) is 0 Å². The van der Waals surface area contributed by atoms with Gasteiger partial charge in [-0.15, -0.1) is 0 Å². The van der Waals surface area contributed by atoms with Gasteiger partial charge in [0.05, 0.1) is 18.1 Å². The van der Waals surface area contributed by atoms with Gasteiger partial charge in [-0.25, -0.2) is 4.98 Å². The van der Waals surface area contributed by atoms with Gasteiger partial charge in [-0.3, -0.25) is 4.98 Å². The summed E-state index contributed by atoms with van der Waals surface area (Å²) in [7, 11) is 0. The van der Waals surface area contributed by atoms with Crippen LogP contribution in [0.25, 0.3) is 0 Å². The second-order valence-corrected chi connectivity index (χ2v) is 6.03.